The van der Waals surface area contributed by atoms with E-state index in [1.807, 2.05) is 46.7 Å². The highest BCUT2D eigenvalue weighted by Gasteiger charge is 2.20. The van der Waals surface area contributed by atoms with E-state index < -0.39 is 0 Å². The number of nitrogens with zero attached hydrogens (tertiary/aromatic N) is 2. The lowest BCUT2D eigenvalue weighted by atomic mass is 10.2. The Labute approximate surface area is 143 Å². The predicted octanol–water partition coefficient (Wildman–Crippen LogP) is 4.58. The van der Waals surface area contributed by atoms with Crippen LogP contribution >= 0.6 is 34.7 Å². The first kappa shape index (κ1) is 15.6. The molecule has 0 spiro atoms. The lowest BCUT2D eigenvalue weighted by Crippen LogP contribution is -2.35. The molecule has 0 atom stereocenters. The summed E-state index contributed by atoms with van der Waals surface area (Å²) in [6, 6.07) is 11.3. The van der Waals surface area contributed by atoms with Crippen LogP contribution in [-0.4, -0.2) is 29.8 Å². The molecule has 6 heteroatoms. The van der Waals surface area contributed by atoms with Gasteiger partial charge in [-0.05, 0) is 42.1 Å². The summed E-state index contributed by atoms with van der Waals surface area (Å²) in [5.41, 5.74) is 0.947. The zero-order valence-electron chi connectivity index (χ0n) is 11.9. The van der Waals surface area contributed by atoms with Crippen molar-refractivity contribution in [1.82, 2.24) is 0 Å². The minimum atomic E-state index is 0.110. The van der Waals surface area contributed by atoms with Gasteiger partial charge in [0.05, 0.1) is 11.4 Å². The van der Waals surface area contributed by atoms with E-state index in [-0.39, 0.29) is 5.78 Å². The first-order valence-corrected chi connectivity index (χ1v) is 9.25. The summed E-state index contributed by atoms with van der Waals surface area (Å²) in [7, 11) is 0. The molecule has 114 valence electrons. The maximum atomic E-state index is 12.5. The van der Waals surface area contributed by atoms with Crippen molar-refractivity contribution in [2.24, 2.45) is 4.99 Å². The highest BCUT2D eigenvalue weighted by molar-refractivity contribution is 8.14. The summed E-state index contributed by atoms with van der Waals surface area (Å²) in [5, 5.41) is 3.53. The number of hydrogen-bond donors (Lipinski definition) is 0. The number of carbonyl (C=O) groups excluding carboxylic acids is 1. The Morgan fingerprint density at radius 2 is 2.09 bits per heavy atom. The van der Waals surface area contributed by atoms with Gasteiger partial charge in [-0.2, -0.15) is 0 Å². The number of amidine groups is 1. The van der Waals surface area contributed by atoms with Crippen LogP contribution < -0.4 is 4.90 Å². The minimum absolute atomic E-state index is 0.110. The average Bonchev–Trinajstić information content (AvgIpc) is 3.09. The van der Waals surface area contributed by atoms with Gasteiger partial charge in [0.2, 0.25) is 0 Å². The fourth-order valence-electron chi connectivity index (χ4n) is 2.16. The van der Waals surface area contributed by atoms with Crippen LogP contribution in [0.3, 0.4) is 0 Å². The zero-order chi connectivity index (χ0) is 15.4. The Morgan fingerprint density at radius 3 is 2.73 bits per heavy atom. The molecule has 2 aromatic rings. The number of hydrogen-bond acceptors (Lipinski definition) is 5. The zero-order valence-corrected chi connectivity index (χ0v) is 14.3. The standard InChI is InChI=1S/C16H15ClN2OS2/c17-12-4-6-13(7-5-12)19(16-18-8-2-10-22-16)11-14(20)15-3-1-9-21-15/h1,3-7,9H,2,8,10-11H2. The largest absolute Gasteiger partial charge is 0.313 e. The van der Waals surface area contributed by atoms with Gasteiger partial charge in [-0.15, -0.1) is 11.3 Å². The van der Waals surface area contributed by atoms with Gasteiger partial charge in [0, 0.05) is 23.0 Å². The number of rotatable bonds is 4. The van der Waals surface area contributed by atoms with Crippen LogP contribution in [0, 0.1) is 0 Å². The quantitative estimate of drug-likeness (QED) is 0.756. The number of thioether (sulfide) groups is 1. The summed E-state index contributed by atoms with van der Waals surface area (Å²) >= 11 is 9.15. The predicted molar refractivity (Wildman–Crippen MR) is 96.8 cm³/mol. The highest BCUT2D eigenvalue weighted by Crippen LogP contribution is 2.25. The number of carbonyl (C=O) groups is 1. The third-order valence-electron chi connectivity index (χ3n) is 3.25. The van der Waals surface area contributed by atoms with Crippen LogP contribution in [0.2, 0.25) is 5.02 Å². The van der Waals surface area contributed by atoms with E-state index in [0.717, 1.165) is 34.5 Å². The Kier molecular flexibility index (Phi) is 5.18. The molecule has 1 aromatic heterocycles. The molecule has 0 aliphatic carbocycles. The molecule has 0 fully saturated rings. The van der Waals surface area contributed by atoms with Gasteiger partial charge in [0.1, 0.15) is 0 Å². The minimum Gasteiger partial charge on any atom is -0.313 e. The van der Waals surface area contributed by atoms with Crippen molar-refractivity contribution in [3.8, 4) is 0 Å². The monoisotopic (exact) mass is 350 g/mol. The molecular formula is C16H15ClN2OS2. The fourth-order valence-corrected chi connectivity index (χ4v) is 3.91. The summed E-state index contributed by atoms with van der Waals surface area (Å²) in [6.45, 7) is 1.12. The maximum absolute atomic E-state index is 12.5. The summed E-state index contributed by atoms with van der Waals surface area (Å²) < 4.78 is 0. The fraction of sp³-hybridized carbons (Fsp3) is 0.250. The Hall–Kier alpha value is -1.30. The molecule has 1 aromatic carbocycles. The number of halogens is 1. The number of ketones is 1. The van der Waals surface area contributed by atoms with Gasteiger partial charge >= 0.3 is 0 Å². The van der Waals surface area contributed by atoms with E-state index >= 15 is 0 Å². The summed E-state index contributed by atoms with van der Waals surface area (Å²) in [5.74, 6) is 1.15. The van der Waals surface area contributed by atoms with Crippen molar-refractivity contribution in [2.45, 2.75) is 6.42 Å². The molecule has 3 rings (SSSR count). The molecule has 1 aliphatic rings. The first-order chi connectivity index (χ1) is 10.7. The van der Waals surface area contributed by atoms with E-state index in [1.165, 1.54) is 11.3 Å². The number of benzene rings is 1. The van der Waals surface area contributed by atoms with Crippen molar-refractivity contribution in [3.05, 3.63) is 51.7 Å². The van der Waals surface area contributed by atoms with Crippen molar-refractivity contribution < 1.29 is 4.79 Å². The first-order valence-electron chi connectivity index (χ1n) is 7.01. The van der Waals surface area contributed by atoms with Gasteiger partial charge in [-0.25, -0.2) is 0 Å². The molecule has 0 amide bonds. The summed E-state index contributed by atoms with van der Waals surface area (Å²) in [4.78, 5) is 19.8. The van der Waals surface area contributed by atoms with E-state index in [9.17, 15) is 4.79 Å². The third-order valence-corrected chi connectivity index (χ3v) is 5.51. The topological polar surface area (TPSA) is 32.7 Å². The molecule has 0 bridgehead atoms. The van der Waals surface area contributed by atoms with Crippen molar-refractivity contribution in [3.63, 3.8) is 0 Å². The second-order valence-electron chi connectivity index (χ2n) is 4.83. The van der Waals surface area contributed by atoms with Gasteiger partial charge in [0.15, 0.2) is 11.0 Å². The van der Waals surface area contributed by atoms with Crippen molar-refractivity contribution >= 4 is 51.3 Å². The normalized spacial score (nSPS) is 14.5. The number of aliphatic imine (C=N–C) groups is 1. The molecule has 2 heterocycles. The van der Waals surface area contributed by atoms with Crippen LogP contribution in [0.4, 0.5) is 5.69 Å². The van der Waals surface area contributed by atoms with Crippen LogP contribution in [0.1, 0.15) is 16.1 Å². The molecule has 0 radical (unpaired) electrons. The smallest absolute Gasteiger partial charge is 0.192 e. The van der Waals surface area contributed by atoms with Crippen molar-refractivity contribution in [1.29, 1.82) is 0 Å². The molecule has 22 heavy (non-hydrogen) atoms. The lowest BCUT2D eigenvalue weighted by Gasteiger charge is -2.27. The van der Waals surface area contributed by atoms with E-state index in [0.29, 0.717) is 11.6 Å². The van der Waals surface area contributed by atoms with E-state index in [1.54, 1.807) is 11.8 Å². The summed E-state index contributed by atoms with van der Waals surface area (Å²) in [6.07, 6.45) is 1.08. The second kappa shape index (κ2) is 7.31. The lowest BCUT2D eigenvalue weighted by molar-refractivity contribution is 0.101. The molecule has 3 nitrogen and oxygen atoms in total. The van der Waals surface area contributed by atoms with Crippen LogP contribution in [0.15, 0.2) is 46.8 Å². The van der Waals surface area contributed by atoms with E-state index in [2.05, 4.69) is 4.99 Å². The molecule has 0 saturated carbocycles. The van der Waals surface area contributed by atoms with Gasteiger partial charge < -0.3 is 4.90 Å². The molecule has 1 aliphatic heterocycles. The molecule has 0 N–H and O–H groups in total. The van der Waals surface area contributed by atoms with Gasteiger partial charge in [0.25, 0.3) is 0 Å². The Balaban J connectivity index is 1.87. The Morgan fingerprint density at radius 1 is 1.27 bits per heavy atom. The molecule has 0 unspecified atom stereocenters. The maximum Gasteiger partial charge on any atom is 0.192 e. The van der Waals surface area contributed by atoms with Crippen LogP contribution in [0.5, 0.6) is 0 Å². The van der Waals surface area contributed by atoms with Crippen LogP contribution in [0.25, 0.3) is 0 Å². The average molecular weight is 351 g/mol. The van der Waals surface area contributed by atoms with Crippen LogP contribution in [-0.2, 0) is 0 Å². The van der Waals surface area contributed by atoms with Gasteiger partial charge in [-0.3, -0.25) is 9.79 Å². The molecular weight excluding hydrogens is 336 g/mol. The third kappa shape index (κ3) is 3.72. The number of anilines is 1. The Bertz CT molecular complexity index is 668. The molecule has 0 saturated heterocycles. The van der Waals surface area contributed by atoms with Gasteiger partial charge in [-0.1, -0.05) is 29.4 Å². The highest BCUT2D eigenvalue weighted by atomic mass is 35.5. The number of Topliss-reactive ketones (excluding diaryl/α,β-unsaturated/α-hetero) is 1. The SMILES string of the molecule is O=C(CN(C1=NCCCS1)c1ccc(Cl)cc1)c1cccs1. The number of thiophene rings is 1. The van der Waals surface area contributed by atoms with Crippen molar-refractivity contribution in [2.75, 3.05) is 23.7 Å². The van der Waals surface area contributed by atoms with E-state index in [4.69, 9.17) is 11.6 Å². The second-order valence-corrected chi connectivity index (χ2v) is 7.28.